The fourth-order valence-corrected chi connectivity index (χ4v) is 2.70. The number of amidine groups is 1. The molecule has 0 saturated heterocycles. The van der Waals surface area contributed by atoms with Crippen LogP contribution in [0.5, 0.6) is 0 Å². The van der Waals surface area contributed by atoms with E-state index in [0.29, 0.717) is 11.4 Å². The number of aryl methyl sites for hydroxylation is 2. The molecule has 3 aromatic rings. The van der Waals surface area contributed by atoms with Gasteiger partial charge in [-0.1, -0.05) is 6.07 Å². The van der Waals surface area contributed by atoms with Gasteiger partial charge >= 0.3 is 0 Å². The summed E-state index contributed by atoms with van der Waals surface area (Å²) in [6.45, 7) is 7.39. The molecule has 0 aliphatic rings. The Balaban J connectivity index is 2.06. The molecule has 0 unspecified atom stereocenters. The van der Waals surface area contributed by atoms with Crippen molar-refractivity contribution in [2.45, 2.75) is 13.8 Å². The minimum atomic E-state index is -0.864. The molecule has 26 heavy (non-hydrogen) atoms. The predicted octanol–water partition coefficient (Wildman–Crippen LogP) is 5.42. The summed E-state index contributed by atoms with van der Waals surface area (Å²) in [4.78, 5) is 12.7. The zero-order valence-corrected chi connectivity index (χ0v) is 14.5. The molecule has 0 aliphatic carbocycles. The van der Waals surface area contributed by atoms with Crippen molar-refractivity contribution in [1.29, 1.82) is 0 Å². The standard InChI is InChI=1S/C21H17F2N3/c1-13-10-20(26-21(24-3)16-5-4-8-25-12-16)14(2)9-17(13)15-6-7-18(22)19(23)11-15/h4-12H,3H2,1-2H3. The lowest BCUT2D eigenvalue weighted by molar-refractivity contribution is 0.509. The van der Waals surface area contributed by atoms with E-state index in [1.165, 1.54) is 6.07 Å². The van der Waals surface area contributed by atoms with Gasteiger partial charge in [0, 0.05) is 18.0 Å². The van der Waals surface area contributed by atoms with Crippen molar-refractivity contribution < 1.29 is 8.78 Å². The van der Waals surface area contributed by atoms with Crippen molar-refractivity contribution in [1.82, 2.24) is 4.98 Å². The lowest BCUT2D eigenvalue weighted by Crippen LogP contribution is -1.97. The predicted molar refractivity (Wildman–Crippen MR) is 101 cm³/mol. The van der Waals surface area contributed by atoms with E-state index in [4.69, 9.17) is 0 Å². The topological polar surface area (TPSA) is 37.6 Å². The highest BCUT2D eigenvalue weighted by Crippen LogP contribution is 2.31. The van der Waals surface area contributed by atoms with Crippen LogP contribution in [0.4, 0.5) is 14.5 Å². The van der Waals surface area contributed by atoms with Crippen LogP contribution in [0.25, 0.3) is 11.1 Å². The number of aliphatic imine (C=N–C) groups is 2. The quantitative estimate of drug-likeness (QED) is 0.459. The Bertz CT molecular complexity index is 996. The van der Waals surface area contributed by atoms with E-state index in [-0.39, 0.29) is 0 Å². The van der Waals surface area contributed by atoms with E-state index < -0.39 is 11.6 Å². The normalized spacial score (nSPS) is 11.5. The molecule has 0 fully saturated rings. The van der Waals surface area contributed by atoms with Crippen LogP contribution in [0.2, 0.25) is 0 Å². The Labute approximate surface area is 150 Å². The summed E-state index contributed by atoms with van der Waals surface area (Å²) < 4.78 is 26.7. The average molecular weight is 349 g/mol. The van der Waals surface area contributed by atoms with Gasteiger partial charge in [0.1, 0.15) is 0 Å². The molecule has 0 saturated carbocycles. The summed E-state index contributed by atoms with van der Waals surface area (Å²) in [5, 5.41) is 0. The highest BCUT2D eigenvalue weighted by atomic mass is 19.2. The smallest absolute Gasteiger partial charge is 0.160 e. The van der Waals surface area contributed by atoms with Crippen molar-refractivity contribution in [3.63, 3.8) is 0 Å². The second kappa shape index (κ2) is 7.35. The molecule has 2 aromatic carbocycles. The van der Waals surface area contributed by atoms with Gasteiger partial charge in [-0.2, -0.15) is 0 Å². The molecule has 5 heteroatoms. The van der Waals surface area contributed by atoms with Crippen molar-refractivity contribution >= 4 is 18.2 Å². The summed E-state index contributed by atoms with van der Waals surface area (Å²) in [6.07, 6.45) is 3.35. The summed E-state index contributed by atoms with van der Waals surface area (Å²) in [5.41, 5.74) is 4.74. The van der Waals surface area contributed by atoms with Gasteiger partial charge in [0.25, 0.3) is 0 Å². The lowest BCUT2D eigenvalue weighted by atomic mass is 9.97. The molecule has 0 bridgehead atoms. The maximum absolute atomic E-state index is 13.6. The number of nitrogens with zero attached hydrogens (tertiary/aromatic N) is 3. The Morgan fingerprint density at radius 3 is 2.46 bits per heavy atom. The SMILES string of the molecule is C=NC(=Nc1cc(C)c(-c2ccc(F)c(F)c2)cc1C)c1cccnc1. The molecule has 130 valence electrons. The number of pyridine rings is 1. The van der Waals surface area contributed by atoms with E-state index in [1.54, 1.807) is 24.5 Å². The van der Waals surface area contributed by atoms with Crippen molar-refractivity contribution in [2.75, 3.05) is 0 Å². The van der Waals surface area contributed by atoms with E-state index in [2.05, 4.69) is 21.7 Å². The van der Waals surface area contributed by atoms with E-state index in [0.717, 1.165) is 34.0 Å². The molecule has 1 aromatic heterocycles. The van der Waals surface area contributed by atoms with Gasteiger partial charge in [-0.15, -0.1) is 0 Å². The molecule has 3 rings (SSSR count). The summed E-state index contributed by atoms with van der Waals surface area (Å²) >= 11 is 0. The van der Waals surface area contributed by atoms with Gasteiger partial charge in [-0.3, -0.25) is 4.98 Å². The van der Waals surface area contributed by atoms with Crippen LogP contribution >= 0.6 is 0 Å². The number of benzene rings is 2. The van der Waals surface area contributed by atoms with Crippen LogP contribution in [0.3, 0.4) is 0 Å². The zero-order valence-electron chi connectivity index (χ0n) is 14.5. The molecule has 0 radical (unpaired) electrons. The first-order chi connectivity index (χ1) is 12.5. The highest BCUT2D eigenvalue weighted by molar-refractivity contribution is 6.02. The van der Waals surface area contributed by atoms with Crippen LogP contribution in [-0.4, -0.2) is 17.5 Å². The Hall–Kier alpha value is -3.21. The van der Waals surface area contributed by atoms with E-state index in [1.807, 2.05) is 32.0 Å². The maximum atomic E-state index is 13.6. The first-order valence-electron chi connectivity index (χ1n) is 8.02. The highest BCUT2D eigenvalue weighted by Gasteiger charge is 2.10. The average Bonchev–Trinajstić information content (AvgIpc) is 2.65. The van der Waals surface area contributed by atoms with Crippen molar-refractivity contribution in [2.24, 2.45) is 9.98 Å². The molecule has 0 amide bonds. The Morgan fingerprint density at radius 2 is 1.81 bits per heavy atom. The zero-order chi connectivity index (χ0) is 18.7. The Morgan fingerprint density at radius 1 is 1.00 bits per heavy atom. The molecule has 0 spiro atoms. The van der Waals surface area contributed by atoms with Crippen LogP contribution in [-0.2, 0) is 0 Å². The minimum absolute atomic E-state index is 0.473. The minimum Gasteiger partial charge on any atom is -0.264 e. The summed E-state index contributed by atoms with van der Waals surface area (Å²) in [6, 6.07) is 11.4. The van der Waals surface area contributed by atoms with Crippen LogP contribution in [0.1, 0.15) is 16.7 Å². The second-order valence-corrected chi connectivity index (χ2v) is 5.92. The second-order valence-electron chi connectivity index (χ2n) is 5.92. The van der Waals surface area contributed by atoms with Crippen molar-refractivity contribution in [3.05, 3.63) is 83.2 Å². The van der Waals surface area contributed by atoms with Crippen LogP contribution in [0, 0.1) is 25.5 Å². The van der Waals surface area contributed by atoms with E-state index >= 15 is 0 Å². The number of hydrogen-bond donors (Lipinski definition) is 0. The number of rotatable bonds is 3. The molecule has 0 N–H and O–H groups in total. The third-order valence-corrected chi connectivity index (χ3v) is 4.07. The van der Waals surface area contributed by atoms with Crippen LogP contribution < -0.4 is 0 Å². The lowest BCUT2D eigenvalue weighted by Gasteiger charge is -2.11. The fraction of sp³-hybridized carbons (Fsp3) is 0.0952. The van der Waals surface area contributed by atoms with E-state index in [9.17, 15) is 8.78 Å². The summed E-state index contributed by atoms with van der Waals surface area (Å²) in [5.74, 6) is -1.25. The molecule has 3 nitrogen and oxygen atoms in total. The molecule has 0 atom stereocenters. The third-order valence-electron chi connectivity index (χ3n) is 4.07. The molecular formula is C21H17F2N3. The monoisotopic (exact) mass is 349 g/mol. The molecule has 0 aliphatic heterocycles. The number of aromatic nitrogens is 1. The van der Waals surface area contributed by atoms with Crippen LogP contribution in [0.15, 0.2) is 64.8 Å². The fourth-order valence-electron chi connectivity index (χ4n) is 2.70. The largest absolute Gasteiger partial charge is 0.264 e. The summed E-state index contributed by atoms with van der Waals surface area (Å²) in [7, 11) is 0. The molecular weight excluding hydrogens is 332 g/mol. The number of halogens is 2. The number of hydrogen-bond acceptors (Lipinski definition) is 2. The van der Waals surface area contributed by atoms with Gasteiger partial charge in [-0.25, -0.2) is 18.8 Å². The van der Waals surface area contributed by atoms with Gasteiger partial charge in [0.2, 0.25) is 0 Å². The maximum Gasteiger partial charge on any atom is 0.160 e. The van der Waals surface area contributed by atoms with Gasteiger partial charge in [-0.05, 0) is 79.2 Å². The Kier molecular flexibility index (Phi) is 4.98. The first-order valence-corrected chi connectivity index (χ1v) is 8.02. The van der Waals surface area contributed by atoms with Crippen molar-refractivity contribution in [3.8, 4) is 11.1 Å². The third kappa shape index (κ3) is 3.57. The van der Waals surface area contributed by atoms with Gasteiger partial charge in [0.15, 0.2) is 17.5 Å². The first kappa shape index (κ1) is 17.6. The van der Waals surface area contributed by atoms with Gasteiger partial charge < -0.3 is 0 Å². The van der Waals surface area contributed by atoms with Gasteiger partial charge in [0.05, 0.1) is 5.69 Å². The molecule has 1 heterocycles.